The molecule has 20 heavy (non-hydrogen) atoms. The third-order valence-corrected chi connectivity index (χ3v) is 4.35. The molecule has 0 aliphatic heterocycles. The first-order chi connectivity index (χ1) is 9.76. The van der Waals surface area contributed by atoms with E-state index in [1.54, 1.807) is 13.2 Å². The number of hydrogen-bond donors (Lipinski definition) is 1. The Kier molecular flexibility index (Phi) is 5.43. The van der Waals surface area contributed by atoms with Crippen LogP contribution in [-0.4, -0.2) is 13.2 Å². The van der Waals surface area contributed by atoms with Crippen LogP contribution in [0.5, 0.6) is 5.75 Å². The van der Waals surface area contributed by atoms with Crippen molar-refractivity contribution in [3.63, 3.8) is 0 Å². The Morgan fingerprint density at radius 3 is 2.95 bits per heavy atom. The maximum Gasteiger partial charge on any atom is 0.123 e. The van der Waals surface area contributed by atoms with Crippen LogP contribution in [0.1, 0.15) is 50.2 Å². The van der Waals surface area contributed by atoms with Crippen LogP contribution < -0.4 is 10.1 Å². The van der Waals surface area contributed by atoms with Crippen LogP contribution in [0.3, 0.4) is 0 Å². The van der Waals surface area contributed by atoms with Crippen LogP contribution >= 0.6 is 0 Å². The van der Waals surface area contributed by atoms with Crippen molar-refractivity contribution in [1.29, 1.82) is 5.26 Å². The summed E-state index contributed by atoms with van der Waals surface area (Å²) in [5.74, 6) is 1.73. The summed E-state index contributed by atoms with van der Waals surface area (Å²) in [6, 6.07) is 8.40. The highest BCUT2D eigenvalue weighted by atomic mass is 16.5. The normalized spacial score (nSPS) is 22.2. The third-order valence-electron chi connectivity index (χ3n) is 4.35. The van der Waals surface area contributed by atoms with Gasteiger partial charge in [-0.05, 0) is 37.0 Å². The van der Waals surface area contributed by atoms with Gasteiger partial charge in [-0.15, -0.1) is 0 Å². The number of benzene rings is 1. The quantitative estimate of drug-likeness (QED) is 0.890. The molecular weight excluding hydrogens is 248 g/mol. The smallest absolute Gasteiger partial charge is 0.123 e. The molecule has 1 saturated carbocycles. The van der Waals surface area contributed by atoms with Gasteiger partial charge in [-0.25, -0.2) is 0 Å². The second-order valence-corrected chi connectivity index (χ2v) is 5.66. The first-order valence-corrected chi connectivity index (χ1v) is 7.57. The second-order valence-electron chi connectivity index (χ2n) is 5.66. The van der Waals surface area contributed by atoms with Gasteiger partial charge in [0.15, 0.2) is 0 Å². The summed E-state index contributed by atoms with van der Waals surface area (Å²) in [4.78, 5) is 0. The molecule has 1 aliphatic carbocycles. The lowest BCUT2D eigenvalue weighted by molar-refractivity contribution is 0.277. The van der Waals surface area contributed by atoms with Crippen LogP contribution in [0, 0.1) is 17.2 Å². The van der Waals surface area contributed by atoms with Gasteiger partial charge in [0.05, 0.1) is 18.7 Å². The second kappa shape index (κ2) is 7.31. The van der Waals surface area contributed by atoms with Crippen molar-refractivity contribution >= 4 is 0 Å². The first-order valence-electron chi connectivity index (χ1n) is 7.57. The maximum absolute atomic E-state index is 9.00. The summed E-state index contributed by atoms with van der Waals surface area (Å²) >= 11 is 0. The minimum atomic E-state index is 0.601. The Balaban J connectivity index is 1.97. The minimum Gasteiger partial charge on any atom is -0.496 e. The van der Waals surface area contributed by atoms with E-state index in [-0.39, 0.29) is 0 Å². The van der Waals surface area contributed by atoms with Gasteiger partial charge >= 0.3 is 0 Å². The monoisotopic (exact) mass is 272 g/mol. The van der Waals surface area contributed by atoms with Gasteiger partial charge in [0, 0.05) is 18.2 Å². The van der Waals surface area contributed by atoms with E-state index >= 15 is 0 Å². The predicted molar refractivity (Wildman–Crippen MR) is 80.6 cm³/mol. The van der Waals surface area contributed by atoms with Crippen molar-refractivity contribution in [1.82, 2.24) is 5.32 Å². The number of nitrogens with one attached hydrogen (secondary N) is 1. The molecule has 3 heteroatoms. The van der Waals surface area contributed by atoms with Crippen molar-refractivity contribution in [3.8, 4) is 11.8 Å². The molecule has 1 N–H and O–H groups in total. The molecule has 3 nitrogen and oxygen atoms in total. The highest BCUT2D eigenvalue weighted by molar-refractivity contribution is 5.42. The van der Waals surface area contributed by atoms with E-state index in [0.29, 0.717) is 11.6 Å². The zero-order valence-electron chi connectivity index (χ0n) is 12.5. The van der Waals surface area contributed by atoms with Gasteiger partial charge in [-0.2, -0.15) is 5.26 Å². The van der Waals surface area contributed by atoms with Crippen LogP contribution in [0.15, 0.2) is 18.2 Å². The van der Waals surface area contributed by atoms with Crippen LogP contribution in [0.25, 0.3) is 0 Å². The largest absolute Gasteiger partial charge is 0.496 e. The molecule has 0 heterocycles. The van der Waals surface area contributed by atoms with Crippen molar-refractivity contribution in [2.75, 3.05) is 7.11 Å². The van der Waals surface area contributed by atoms with E-state index in [4.69, 9.17) is 10.00 Å². The van der Waals surface area contributed by atoms with Gasteiger partial charge < -0.3 is 10.1 Å². The summed E-state index contributed by atoms with van der Waals surface area (Å²) in [6.07, 6.45) is 6.52. The Labute approximate surface area is 121 Å². The van der Waals surface area contributed by atoms with Gasteiger partial charge in [-0.3, -0.25) is 0 Å². The van der Waals surface area contributed by atoms with E-state index in [1.807, 2.05) is 12.1 Å². The molecule has 0 spiro atoms. The Morgan fingerprint density at radius 2 is 2.25 bits per heavy atom. The average Bonchev–Trinajstić information content (AvgIpc) is 2.52. The molecule has 0 bridgehead atoms. The van der Waals surface area contributed by atoms with E-state index in [9.17, 15) is 0 Å². The number of nitriles is 1. The van der Waals surface area contributed by atoms with Crippen LogP contribution in [0.2, 0.25) is 0 Å². The summed E-state index contributed by atoms with van der Waals surface area (Å²) in [7, 11) is 1.68. The van der Waals surface area contributed by atoms with Gasteiger partial charge in [0.2, 0.25) is 0 Å². The lowest BCUT2D eigenvalue weighted by atomic mass is 9.84. The molecule has 1 aromatic rings. The zero-order chi connectivity index (χ0) is 14.4. The fraction of sp³-hybridized carbons (Fsp3) is 0.588. The van der Waals surface area contributed by atoms with Gasteiger partial charge in [-0.1, -0.05) is 26.2 Å². The molecule has 1 aromatic carbocycles. The molecule has 0 aromatic heterocycles. The highest BCUT2D eigenvalue weighted by Gasteiger charge is 2.20. The number of nitrogens with zero attached hydrogens (tertiary/aromatic N) is 1. The molecular formula is C17H24N2O. The molecule has 2 unspecified atom stereocenters. The van der Waals surface area contributed by atoms with Crippen LogP contribution in [-0.2, 0) is 6.54 Å². The topological polar surface area (TPSA) is 45.0 Å². The fourth-order valence-electron chi connectivity index (χ4n) is 3.09. The molecule has 0 saturated heterocycles. The average molecular weight is 272 g/mol. The molecule has 0 amide bonds. The van der Waals surface area contributed by atoms with Crippen molar-refractivity contribution in [2.45, 2.75) is 51.6 Å². The van der Waals surface area contributed by atoms with E-state index in [0.717, 1.165) is 23.8 Å². The SMILES string of the molecule is CCC1CCCC(NCc2cc(C#N)ccc2OC)C1. The molecule has 1 fully saturated rings. The van der Waals surface area contributed by atoms with Gasteiger partial charge in [0.1, 0.15) is 5.75 Å². The standard InChI is InChI=1S/C17H24N2O/c1-3-13-5-4-6-16(10-13)19-12-15-9-14(11-18)7-8-17(15)20-2/h7-9,13,16,19H,3-6,10,12H2,1-2H3. The lowest BCUT2D eigenvalue weighted by Crippen LogP contribution is -2.33. The molecule has 0 radical (unpaired) electrons. The number of rotatable bonds is 5. The third kappa shape index (κ3) is 3.74. The fourth-order valence-corrected chi connectivity index (χ4v) is 3.09. The predicted octanol–water partition coefficient (Wildman–Crippen LogP) is 3.63. The van der Waals surface area contributed by atoms with E-state index < -0.39 is 0 Å². The summed E-state index contributed by atoms with van der Waals surface area (Å²) in [6.45, 7) is 3.06. The van der Waals surface area contributed by atoms with Crippen LogP contribution in [0.4, 0.5) is 0 Å². The maximum atomic E-state index is 9.00. The number of hydrogen-bond acceptors (Lipinski definition) is 3. The Hall–Kier alpha value is -1.53. The minimum absolute atomic E-state index is 0.601. The number of methoxy groups -OCH3 is 1. The Morgan fingerprint density at radius 1 is 1.40 bits per heavy atom. The summed E-state index contributed by atoms with van der Waals surface area (Å²) < 4.78 is 5.38. The van der Waals surface area contributed by atoms with E-state index in [2.05, 4.69) is 18.3 Å². The highest BCUT2D eigenvalue weighted by Crippen LogP contribution is 2.27. The molecule has 2 rings (SSSR count). The Bertz CT molecular complexity index is 478. The van der Waals surface area contributed by atoms with E-state index in [1.165, 1.54) is 32.1 Å². The molecule has 2 atom stereocenters. The molecule has 108 valence electrons. The number of ether oxygens (including phenoxy) is 1. The van der Waals surface area contributed by atoms with Crippen molar-refractivity contribution < 1.29 is 4.74 Å². The molecule has 1 aliphatic rings. The summed E-state index contributed by atoms with van der Waals surface area (Å²) in [5.41, 5.74) is 1.77. The summed E-state index contributed by atoms with van der Waals surface area (Å²) in [5, 5.41) is 12.6. The zero-order valence-corrected chi connectivity index (χ0v) is 12.5. The van der Waals surface area contributed by atoms with Crippen molar-refractivity contribution in [3.05, 3.63) is 29.3 Å². The lowest BCUT2D eigenvalue weighted by Gasteiger charge is -2.29. The van der Waals surface area contributed by atoms with Gasteiger partial charge in [0.25, 0.3) is 0 Å². The first kappa shape index (κ1) is 14.9. The van der Waals surface area contributed by atoms with Crippen molar-refractivity contribution in [2.24, 2.45) is 5.92 Å².